The van der Waals surface area contributed by atoms with Gasteiger partial charge in [-0.2, -0.15) is 0 Å². The molecule has 0 N–H and O–H groups in total. The maximum atomic E-state index is 13.5. The van der Waals surface area contributed by atoms with Gasteiger partial charge in [0.05, 0.1) is 6.61 Å². The van der Waals surface area contributed by atoms with E-state index >= 15 is 0 Å². The standard InChI is InChI=1S/C18H22FN3O2/c1-21-11-8-20-16(18(21)23)12-22-9-6-14(7-10-22)13-24-17-5-3-2-4-15(17)19/h2-5,8,11,14H,6-7,9-10,12-13H2,1H3. The Morgan fingerprint density at radius 3 is 2.79 bits per heavy atom. The first-order valence-electron chi connectivity index (χ1n) is 8.23. The van der Waals surface area contributed by atoms with E-state index in [-0.39, 0.29) is 11.4 Å². The third-order valence-corrected chi connectivity index (χ3v) is 4.48. The summed E-state index contributed by atoms with van der Waals surface area (Å²) in [6.45, 7) is 2.89. The molecule has 1 aliphatic heterocycles. The van der Waals surface area contributed by atoms with Crippen molar-refractivity contribution in [2.45, 2.75) is 19.4 Å². The van der Waals surface area contributed by atoms with E-state index in [1.165, 1.54) is 6.07 Å². The molecule has 24 heavy (non-hydrogen) atoms. The number of hydrogen-bond acceptors (Lipinski definition) is 4. The average Bonchev–Trinajstić information content (AvgIpc) is 2.59. The highest BCUT2D eigenvalue weighted by molar-refractivity contribution is 5.23. The fourth-order valence-electron chi connectivity index (χ4n) is 2.95. The van der Waals surface area contributed by atoms with E-state index in [1.54, 1.807) is 42.2 Å². The van der Waals surface area contributed by atoms with Crippen LogP contribution in [0.1, 0.15) is 18.5 Å². The molecular formula is C18H22FN3O2. The molecule has 2 heterocycles. The quantitative estimate of drug-likeness (QED) is 0.843. The lowest BCUT2D eigenvalue weighted by molar-refractivity contribution is 0.133. The number of halogens is 1. The number of aromatic nitrogens is 2. The SMILES string of the molecule is Cn1ccnc(CN2CCC(COc3ccccc3F)CC2)c1=O. The smallest absolute Gasteiger partial charge is 0.273 e. The first-order valence-corrected chi connectivity index (χ1v) is 8.23. The molecule has 6 heteroatoms. The largest absolute Gasteiger partial charge is 0.490 e. The summed E-state index contributed by atoms with van der Waals surface area (Å²) in [4.78, 5) is 18.5. The van der Waals surface area contributed by atoms with Crippen LogP contribution in [-0.2, 0) is 13.6 Å². The van der Waals surface area contributed by atoms with Gasteiger partial charge in [0.2, 0.25) is 0 Å². The zero-order chi connectivity index (χ0) is 16.9. The van der Waals surface area contributed by atoms with Gasteiger partial charge in [0.1, 0.15) is 5.69 Å². The molecule has 0 spiro atoms. The predicted molar refractivity (Wildman–Crippen MR) is 89.4 cm³/mol. The highest BCUT2D eigenvalue weighted by Crippen LogP contribution is 2.21. The van der Waals surface area contributed by atoms with E-state index in [1.807, 2.05) is 0 Å². The zero-order valence-electron chi connectivity index (χ0n) is 13.8. The van der Waals surface area contributed by atoms with Crippen molar-refractivity contribution in [2.75, 3.05) is 19.7 Å². The topological polar surface area (TPSA) is 47.4 Å². The number of piperidine rings is 1. The number of para-hydroxylation sites is 1. The van der Waals surface area contributed by atoms with Crippen molar-refractivity contribution in [3.05, 3.63) is 58.5 Å². The summed E-state index contributed by atoms with van der Waals surface area (Å²) >= 11 is 0. The Bertz CT molecular complexity index is 739. The molecule has 0 amide bonds. The van der Waals surface area contributed by atoms with Crippen molar-refractivity contribution < 1.29 is 9.13 Å². The average molecular weight is 331 g/mol. The van der Waals surface area contributed by atoms with Crippen LogP contribution in [0.2, 0.25) is 0 Å². The minimum atomic E-state index is -0.319. The molecule has 0 atom stereocenters. The maximum absolute atomic E-state index is 13.5. The molecule has 1 aliphatic rings. The number of benzene rings is 1. The van der Waals surface area contributed by atoms with Crippen molar-refractivity contribution >= 4 is 0 Å². The lowest BCUT2D eigenvalue weighted by atomic mass is 9.97. The molecule has 2 aromatic rings. The van der Waals surface area contributed by atoms with Crippen LogP contribution in [0, 0.1) is 11.7 Å². The van der Waals surface area contributed by atoms with E-state index in [0.717, 1.165) is 25.9 Å². The number of rotatable bonds is 5. The number of ether oxygens (including phenoxy) is 1. The van der Waals surface area contributed by atoms with Crippen LogP contribution in [0.3, 0.4) is 0 Å². The van der Waals surface area contributed by atoms with E-state index in [9.17, 15) is 9.18 Å². The van der Waals surface area contributed by atoms with Crippen molar-refractivity contribution in [2.24, 2.45) is 13.0 Å². The van der Waals surface area contributed by atoms with Gasteiger partial charge in [-0.15, -0.1) is 0 Å². The van der Waals surface area contributed by atoms with E-state index in [2.05, 4.69) is 9.88 Å². The van der Waals surface area contributed by atoms with Crippen LogP contribution in [0.15, 0.2) is 41.5 Å². The summed E-state index contributed by atoms with van der Waals surface area (Å²) in [5, 5.41) is 0. The van der Waals surface area contributed by atoms with Gasteiger partial charge in [0.15, 0.2) is 11.6 Å². The molecule has 1 aromatic heterocycles. The zero-order valence-corrected chi connectivity index (χ0v) is 13.8. The summed E-state index contributed by atoms with van der Waals surface area (Å²) in [6, 6.07) is 6.49. The monoisotopic (exact) mass is 331 g/mol. The fraction of sp³-hybridized carbons (Fsp3) is 0.444. The Morgan fingerprint density at radius 1 is 1.29 bits per heavy atom. The molecule has 1 aromatic carbocycles. The Morgan fingerprint density at radius 2 is 2.04 bits per heavy atom. The molecule has 3 rings (SSSR count). The molecule has 5 nitrogen and oxygen atoms in total. The molecule has 0 unspecified atom stereocenters. The number of nitrogens with zero attached hydrogens (tertiary/aromatic N) is 3. The predicted octanol–water partition coefficient (Wildman–Crippen LogP) is 2.21. The van der Waals surface area contributed by atoms with Crippen molar-refractivity contribution in [3.63, 3.8) is 0 Å². The Hall–Kier alpha value is -2.21. The molecule has 1 fully saturated rings. The van der Waals surface area contributed by atoms with E-state index in [4.69, 9.17) is 4.74 Å². The highest BCUT2D eigenvalue weighted by Gasteiger charge is 2.21. The van der Waals surface area contributed by atoms with Crippen LogP contribution < -0.4 is 10.3 Å². The number of hydrogen-bond donors (Lipinski definition) is 0. The molecule has 0 saturated carbocycles. The fourth-order valence-corrected chi connectivity index (χ4v) is 2.95. The van der Waals surface area contributed by atoms with Crippen LogP contribution >= 0.6 is 0 Å². The molecule has 1 saturated heterocycles. The molecule has 0 aliphatic carbocycles. The second-order valence-corrected chi connectivity index (χ2v) is 6.25. The maximum Gasteiger partial charge on any atom is 0.273 e. The first kappa shape index (κ1) is 16.6. The van der Waals surface area contributed by atoms with Gasteiger partial charge >= 0.3 is 0 Å². The van der Waals surface area contributed by atoms with Gasteiger partial charge in [0, 0.05) is 26.0 Å². The summed E-state index contributed by atoms with van der Waals surface area (Å²) < 4.78 is 20.7. The van der Waals surface area contributed by atoms with Gasteiger partial charge in [0.25, 0.3) is 5.56 Å². The third-order valence-electron chi connectivity index (χ3n) is 4.48. The summed E-state index contributed by atoms with van der Waals surface area (Å²) in [6.07, 6.45) is 5.27. The molecule has 0 radical (unpaired) electrons. The second kappa shape index (κ2) is 7.57. The second-order valence-electron chi connectivity index (χ2n) is 6.25. The lowest BCUT2D eigenvalue weighted by Gasteiger charge is -2.31. The molecule has 0 bridgehead atoms. The Balaban J connectivity index is 1.48. The Kier molecular flexibility index (Phi) is 5.25. The van der Waals surface area contributed by atoms with Crippen molar-refractivity contribution in [3.8, 4) is 5.75 Å². The van der Waals surface area contributed by atoms with Gasteiger partial charge in [-0.25, -0.2) is 4.39 Å². The number of likely N-dealkylation sites (tertiary alicyclic amines) is 1. The van der Waals surface area contributed by atoms with Crippen molar-refractivity contribution in [1.29, 1.82) is 0 Å². The van der Waals surface area contributed by atoms with Gasteiger partial charge in [-0.1, -0.05) is 12.1 Å². The van der Waals surface area contributed by atoms with Gasteiger partial charge in [-0.05, 0) is 44.0 Å². The van der Waals surface area contributed by atoms with Gasteiger partial charge in [-0.3, -0.25) is 14.7 Å². The summed E-state index contributed by atoms with van der Waals surface area (Å²) in [7, 11) is 1.74. The van der Waals surface area contributed by atoms with Crippen LogP contribution in [0.5, 0.6) is 5.75 Å². The number of aryl methyl sites for hydroxylation is 1. The molecular weight excluding hydrogens is 309 g/mol. The van der Waals surface area contributed by atoms with Crippen LogP contribution in [-0.4, -0.2) is 34.1 Å². The van der Waals surface area contributed by atoms with Gasteiger partial charge < -0.3 is 9.30 Å². The lowest BCUT2D eigenvalue weighted by Crippen LogP contribution is -2.37. The summed E-state index contributed by atoms with van der Waals surface area (Å²) in [5.74, 6) is 0.408. The minimum Gasteiger partial charge on any atom is -0.490 e. The Labute approximate surface area is 140 Å². The normalized spacial score (nSPS) is 16.2. The van der Waals surface area contributed by atoms with Crippen LogP contribution in [0.25, 0.3) is 0 Å². The summed E-state index contributed by atoms with van der Waals surface area (Å²) in [5.41, 5.74) is 0.545. The van der Waals surface area contributed by atoms with Crippen molar-refractivity contribution in [1.82, 2.24) is 14.5 Å². The van der Waals surface area contributed by atoms with E-state index in [0.29, 0.717) is 30.5 Å². The third kappa shape index (κ3) is 4.00. The minimum absolute atomic E-state index is 0.0393. The first-order chi connectivity index (χ1) is 11.6. The highest BCUT2D eigenvalue weighted by atomic mass is 19.1. The van der Waals surface area contributed by atoms with E-state index < -0.39 is 0 Å². The van der Waals surface area contributed by atoms with Crippen LogP contribution in [0.4, 0.5) is 4.39 Å². The molecule has 128 valence electrons.